The third-order valence-corrected chi connectivity index (χ3v) is 1.62. The zero-order chi connectivity index (χ0) is 13.2. The quantitative estimate of drug-likeness (QED) is 0.609. The van der Waals surface area contributed by atoms with E-state index in [-0.39, 0.29) is 6.07 Å². The highest BCUT2D eigenvalue weighted by Gasteiger charge is 2.32. The van der Waals surface area contributed by atoms with Gasteiger partial charge in [-0.3, -0.25) is 14.9 Å². The summed E-state index contributed by atoms with van der Waals surface area (Å²) in [5.41, 5.74) is -2.99. The van der Waals surface area contributed by atoms with Crippen molar-refractivity contribution in [3.05, 3.63) is 32.1 Å². The molecule has 0 aliphatic heterocycles. The van der Waals surface area contributed by atoms with Gasteiger partial charge in [-0.1, -0.05) is 0 Å². The molecule has 1 aromatic rings. The molecule has 7 nitrogen and oxygen atoms in total. The second kappa shape index (κ2) is 4.41. The number of aromatic nitrogens is 1. The molecule has 1 aromatic heterocycles. The van der Waals surface area contributed by atoms with Gasteiger partial charge in [0.15, 0.2) is 0 Å². The molecule has 0 unspecified atom stereocenters. The molecule has 10 heteroatoms. The van der Waals surface area contributed by atoms with Crippen molar-refractivity contribution in [3.8, 4) is 5.88 Å². The first kappa shape index (κ1) is 13.0. The number of aliphatic hydroxyl groups excluding tert-OH is 1. The van der Waals surface area contributed by atoms with Gasteiger partial charge in [0.25, 0.3) is 5.43 Å². The molecule has 17 heavy (non-hydrogen) atoms. The Morgan fingerprint density at radius 1 is 1.53 bits per heavy atom. The number of halogens is 3. The van der Waals surface area contributed by atoms with E-state index >= 15 is 0 Å². The molecular formula is C7H5F3N2O5. The Morgan fingerprint density at radius 2 is 2.12 bits per heavy atom. The topological polar surface area (TPSA) is 105 Å². The lowest BCUT2D eigenvalue weighted by Gasteiger charge is -2.09. The monoisotopic (exact) mass is 254 g/mol. The molecule has 0 aliphatic carbocycles. The summed E-state index contributed by atoms with van der Waals surface area (Å²) in [7, 11) is 0. The fourth-order valence-corrected chi connectivity index (χ4v) is 1.07. The molecule has 2 N–H and O–H groups in total. The van der Waals surface area contributed by atoms with Crippen LogP contribution in [0, 0.1) is 10.1 Å². The van der Waals surface area contributed by atoms with Crippen molar-refractivity contribution in [1.82, 2.24) is 4.98 Å². The zero-order valence-corrected chi connectivity index (χ0v) is 7.95. The number of aromatic amines is 1. The van der Waals surface area contributed by atoms with E-state index in [1.165, 1.54) is 0 Å². The van der Waals surface area contributed by atoms with Gasteiger partial charge in [-0.15, -0.1) is 13.2 Å². The van der Waals surface area contributed by atoms with E-state index in [0.717, 1.165) is 0 Å². The number of H-pyrrole nitrogens is 1. The lowest BCUT2D eigenvalue weighted by molar-refractivity contribution is -0.387. The van der Waals surface area contributed by atoms with Crippen LogP contribution < -0.4 is 10.2 Å². The number of nitrogens with zero attached hydrogens (tertiary/aromatic N) is 1. The molecule has 1 heterocycles. The molecule has 0 saturated heterocycles. The summed E-state index contributed by atoms with van der Waals surface area (Å²) < 4.78 is 38.9. The van der Waals surface area contributed by atoms with Gasteiger partial charge in [0.05, 0.1) is 17.6 Å². The summed E-state index contributed by atoms with van der Waals surface area (Å²) in [5, 5.41) is 19.1. The van der Waals surface area contributed by atoms with Crippen LogP contribution in [0.3, 0.4) is 0 Å². The number of hydrogen-bond donors (Lipinski definition) is 2. The van der Waals surface area contributed by atoms with Crippen LogP contribution in [0.4, 0.5) is 18.9 Å². The first-order valence-electron chi connectivity index (χ1n) is 4.02. The maximum atomic E-state index is 11.8. The highest BCUT2D eigenvalue weighted by atomic mass is 19.4. The summed E-state index contributed by atoms with van der Waals surface area (Å²) in [6.45, 7) is -0.999. The molecular weight excluding hydrogens is 249 g/mol. The van der Waals surface area contributed by atoms with E-state index in [0.29, 0.717) is 0 Å². The highest BCUT2D eigenvalue weighted by Crippen LogP contribution is 2.22. The number of alkyl halides is 3. The third kappa shape index (κ3) is 3.17. The van der Waals surface area contributed by atoms with Crippen LogP contribution in [0.2, 0.25) is 0 Å². The van der Waals surface area contributed by atoms with E-state index in [9.17, 15) is 28.1 Å². The van der Waals surface area contributed by atoms with Gasteiger partial charge < -0.3 is 14.8 Å². The first-order chi connectivity index (χ1) is 7.74. The average Bonchev–Trinajstić information content (AvgIpc) is 2.12. The van der Waals surface area contributed by atoms with E-state index < -0.39 is 40.6 Å². The van der Waals surface area contributed by atoms with Crippen molar-refractivity contribution >= 4 is 5.69 Å². The number of pyridine rings is 1. The number of aliphatic hydroxyl groups is 1. The predicted octanol–water partition coefficient (Wildman–Crippen LogP) is 0.674. The largest absolute Gasteiger partial charge is 0.574 e. The molecule has 0 aromatic carbocycles. The lowest BCUT2D eigenvalue weighted by Crippen LogP contribution is -2.21. The summed E-state index contributed by atoms with van der Waals surface area (Å²) in [6.07, 6.45) is -5.05. The van der Waals surface area contributed by atoms with Crippen LogP contribution in [-0.2, 0) is 6.61 Å². The summed E-state index contributed by atoms with van der Waals surface area (Å²) in [6, 6.07) is 0.283. The number of rotatable bonds is 3. The van der Waals surface area contributed by atoms with Crippen LogP contribution in [0.5, 0.6) is 5.88 Å². The van der Waals surface area contributed by atoms with Gasteiger partial charge >= 0.3 is 12.0 Å². The van der Waals surface area contributed by atoms with Gasteiger partial charge in [0.1, 0.15) is 5.69 Å². The molecule has 0 fully saturated rings. The lowest BCUT2D eigenvalue weighted by atomic mass is 10.3. The van der Waals surface area contributed by atoms with Crippen molar-refractivity contribution in [3.63, 3.8) is 0 Å². The number of nitrogens with one attached hydrogen (secondary N) is 1. The number of nitro groups is 1. The standard InChI is InChI=1S/C7H5F3N2O5/c8-7(9,10)17-5-1-4(14)6(12(15)16)3(2-13)11-5/h1,13H,2H2,(H,11,14). The van der Waals surface area contributed by atoms with Crippen molar-refractivity contribution in [2.75, 3.05) is 0 Å². The smallest absolute Gasteiger partial charge is 0.390 e. The van der Waals surface area contributed by atoms with Crippen LogP contribution in [-0.4, -0.2) is 21.4 Å². The normalized spacial score (nSPS) is 11.3. The van der Waals surface area contributed by atoms with Gasteiger partial charge in [-0.25, -0.2) is 0 Å². The highest BCUT2D eigenvalue weighted by molar-refractivity contribution is 5.37. The zero-order valence-electron chi connectivity index (χ0n) is 7.95. The van der Waals surface area contributed by atoms with Crippen LogP contribution in [0.1, 0.15) is 5.69 Å². The maximum absolute atomic E-state index is 11.8. The Labute approximate surface area is 90.6 Å². The fraction of sp³-hybridized carbons (Fsp3) is 0.286. The van der Waals surface area contributed by atoms with E-state index in [4.69, 9.17) is 5.11 Å². The SMILES string of the molecule is O=c1cc(OC(F)(F)F)[nH]c(CO)c1[N+](=O)[O-]. The Balaban J connectivity index is 3.28. The molecule has 1 rings (SSSR count). The minimum Gasteiger partial charge on any atom is -0.390 e. The van der Waals surface area contributed by atoms with Crippen molar-refractivity contribution in [1.29, 1.82) is 0 Å². The third-order valence-electron chi connectivity index (χ3n) is 1.62. The molecule has 0 bridgehead atoms. The van der Waals surface area contributed by atoms with Gasteiger partial charge in [-0.2, -0.15) is 0 Å². The number of hydrogen-bond acceptors (Lipinski definition) is 5. The molecule has 0 saturated carbocycles. The van der Waals surface area contributed by atoms with Gasteiger partial charge in [0.2, 0.25) is 5.88 Å². The Bertz CT molecular complexity index is 495. The Kier molecular flexibility index (Phi) is 3.36. The summed E-state index contributed by atoms with van der Waals surface area (Å²) in [5.74, 6) is -1.03. The van der Waals surface area contributed by atoms with Crippen LogP contribution in [0.15, 0.2) is 10.9 Å². The second-order valence-electron chi connectivity index (χ2n) is 2.79. The molecule has 0 spiro atoms. The minimum atomic E-state index is -5.05. The summed E-state index contributed by atoms with van der Waals surface area (Å²) in [4.78, 5) is 22.2. The van der Waals surface area contributed by atoms with E-state index in [1.807, 2.05) is 4.98 Å². The average molecular weight is 254 g/mol. The van der Waals surface area contributed by atoms with E-state index in [2.05, 4.69) is 4.74 Å². The van der Waals surface area contributed by atoms with Gasteiger partial charge in [-0.05, 0) is 0 Å². The predicted molar refractivity (Wildman–Crippen MR) is 46.3 cm³/mol. The van der Waals surface area contributed by atoms with Crippen molar-refractivity contribution in [2.24, 2.45) is 0 Å². The van der Waals surface area contributed by atoms with E-state index in [1.54, 1.807) is 0 Å². The Hall–Kier alpha value is -2.10. The van der Waals surface area contributed by atoms with Gasteiger partial charge in [0, 0.05) is 0 Å². The first-order valence-corrected chi connectivity index (χ1v) is 4.02. The molecule has 0 atom stereocenters. The summed E-state index contributed by atoms with van der Waals surface area (Å²) >= 11 is 0. The fourth-order valence-electron chi connectivity index (χ4n) is 1.07. The minimum absolute atomic E-state index is 0.283. The molecule has 0 amide bonds. The molecule has 0 radical (unpaired) electrons. The Morgan fingerprint density at radius 3 is 2.53 bits per heavy atom. The van der Waals surface area contributed by atoms with Crippen LogP contribution in [0.25, 0.3) is 0 Å². The van der Waals surface area contributed by atoms with Crippen LogP contribution >= 0.6 is 0 Å². The number of ether oxygens (including phenoxy) is 1. The second-order valence-corrected chi connectivity index (χ2v) is 2.79. The molecule has 94 valence electrons. The maximum Gasteiger partial charge on any atom is 0.574 e. The van der Waals surface area contributed by atoms with Crippen molar-refractivity contribution in [2.45, 2.75) is 13.0 Å². The van der Waals surface area contributed by atoms with Crippen molar-refractivity contribution < 1.29 is 27.9 Å². The molecule has 0 aliphatic rings.